The van der Waals surface area contributed by atoms with E-state index in [0.29, 0.717) is 39.4 Å². The summed E-state index contributed by atoms with van der Waals surface area (Å²) in [7, 11) is -2.40. The van der Waals surface area contributed by atoms with Crippen molar-refractivity contribution in [3.05, 3.63) is 82.3 Å². The number of ketones is 1. The molecule has 2 aromatic heterocycles. The molecule has 0 unspecified atom stereocenters. The fraction of sp³-hybridized carbons (Fsp3) is 0.452. The van der Waals surface area contributed by atoms with E-state index in [0.717, 1.165) is 17.4 Å². The zero-order valence-corrected chi connectivity index (χ0v) is 35.2. The summed E-state index contributed by atoms with van der Waals surface area (Å²) in [6, 6.07) is 9.23. The smallest absolute Gasteiger partial charge is 0.417 e. The highest BCUT2D eigenvalue weighted by Gasteiger charge is 2.61. The van der Waals surface area contributed by atoms with Gasteiger partial charge in [-0.15, -0.1) is 17.9 Å². The van der Waals surface area contributed by atoms with E-state index in [9.17, 15) is 36.0 Å². The third kappa shape index (κ3) is 8.71. The third-order valence-corrected chi connectivity index (χ3v) is 14.5. The number of nitrogens with one attached hydrogen (secondary N) is 1. The lowest BCUT2D eigenvalue weighted by Crippen LogP contribution is -2.48. The van der Waals surface area contributed by atoms with Gasteiger partial charge in [-0.05, 0) is 54.9 Å². The molecule has 314 valence electrons. The highest BCUT2D eigenvalue weighted by molar-refractivity contribution is 7.90. The molecule has 1 saturated heterocycles. The molecule has 17 heteroatoms. The fourth-order valence-corrected chi connectivity index (χ4v) is 10.3. The highest BCUT2D eigenvalue weighted by atomic mass is 35.5. The van der Waals surface area contributed by atoms with Crippen molar-refractivity contribution in [1.82, 2.24) is 19.6 Å². The van der Waals surface area contributed by atoms with E-state index >= 15 is 0 Å². The number of alkyl halides is 3. The summed E-state index contributed by atoms with van der Waals surface area (Å²) in [6.45, 7) is 9.35. The first-order valence-electron chi connectivity index (χ1n) is 19.2. The predicted octanol–water partition coefficient (Wildman–Crippen LogP) is 8.05. The molecular formula is C42H44ClF3N4O7S2. The van der Waals surface area contributed by atoms with E-state index in [4.69, 9.17) is 21.1 Å². The van der Waals surface area contributed by atoms with Gasteiger partial charge in [-0.2, -0.15) is 13.2 Å². The lowest BCUT2D eigenvalue weighted by atomic mass is 9.77. The van der Waals surface area contributed by atoms with Gasteiger partial charge in [0.1, 0.15) is 11.9 Å². The number of amides is 2. The Bertz CT molecular complexity index is 2430. The Morgan fingerprint density at radius 3 is 2.51 bits per heavy atom. The van der Waals surface area contributed by atoms with Crippen LogP contribution in [0.1, 0.15) is 63.4 Å². The Morgan fingerprint density at radius 1 is 1.14 bits per heavy atom. The molecule has 3 aliphatic rings. The maximum absolute atomic E-state index is 14.9. The number of hydrogen-bond acceptors (Lipinski definition) is 10. The molecule has 2 aliphatic carbocycles. The van der Waals surface area contributed by atoms with Crippen LogP contribution in [0.15, 0.2) is 66.7 Å². The van der Waals surface area contributed by atoms with E-state index < -0.39 is 79.4 Å². The minimum absolute atomic E-state index is 0.0314. The Hall–Kier alpha value is -4.54. The van der Waals surface area contributed by atoms with Crippen molar-refractivity contribution >= 4 is 61.3 Å². The predicted molar refractivity (Wildman–Crippen MR) is 217 cm³/mol. The van der Waals surface area contributed by atoms with Gasteiger partial charge in [0.05, 0.1) is 52.8 Å². The molecule has 0 radical (unpaired) electrons. The van der Waals surface area contributed by atoms with Gasteiger partial charge in [0.15, 0.2) is 5.78 Å². The quantitative estimate of drug-likeness (QED) is 0.125. The second-order valence-electron chi connectivity index (χ2n) is 16.6. The van der Waals surface area contributed by atoms with Crippen LogP contribution in [0.25, 0.3) is 22.0 Å². The number of aromatic nitrogens is 2. The van der Waals surface area contributed by atoms with Crippen LogP contribution in [-0.4, -0.2) is 71.9 Å². The number of thiazole rings is 1. The van der Waals surface area contributed by atoms with Crippen LogP contribution in [0.2, 0.25) is 5.02 Å². The van der Waals surface area contributed by atoms with Gasteiger partial charge in [-0.25, -0.2) is 18.4 Å². The Balaban J connectivity index is 1.20. The number of nitrogens with zero attached hydrogens (tertiary/aromatic N) is 3. The number of fused-ring (bicyclic) bond motifs is 1. The molecule has 1 aliphatic heterocycles. The van der Waals surface area contributed by atoms with Gasteiger partial charge in [-0.1, -0.05) is 56.6 Å². The van der Waals surface area contributed by atoms with Gasteiger partial charge in [-0.3, -0.25) is 19.1 Å². The number of ether oxygens (including phenoxy) is 2. The van der Waals surface area contributed by atoms with Crippen LogP contribution in [-0.2, 0) is 37.0 Å². The zero-order valence-electron chi connectivity index (χ0n) is 32.8. The molecule has 1 N–H and O–H groups in total. The average Bonchev–Trinajstić information content (AvgIpc) is 4.06. The van der Waals surface area contributed by atoms with Crippen LogP contribution in [0.5, 0.6) is 11.6 Å². The van der Waals surface area contributed by atoms with Crippen molar-refractivity contribution in [2.24, 2.45) is 22.7 Å². The first-order chi connectivity index (χ1) is 27.8. The Kier molecular flexibility index (Phi) is 11.4. The minimum Gasteiger partial charge on any atom is -0.494 e. The molecule has 3 heterocycles. The van der Waals surface area contributed by atoms with Crippen LogP contribution in [0, 0.1) is 22.7 Å². The third-order valence-electron chi connectivity index (χ3n) is 11.5. The maximum atomic E-state index is 14.9. The molecule has 11 nitrogen and oxygen atoms in total. The maximum Gasteiger partial charge on any atom is 0.417 e. The number of benzene rings is 2. The van der Waals surface area contributed by atoms with Crippen LogP contribution in [0.4, 0.5) is 13.2 Å². The second-order valence-corrected chi connectivity index (χ2v) is 20.0. The molecule has 5 atom stereocenters. The number of likely N-dealkylation sites (tertiary alicyclic amines) is 1. The van der Waals surface area contributed by atoms with Crippen molar-refractivity contribution in [3.8, 4) is 22.9 Å². The molecule has 4 aromatic rings. The topological polar surface area (TPSA) is 145 Å². The first-order valence-corrected chi connectivity index (χ1v) is 22.0. The minimum atomic E-state index is -4.60. The van der Waals surface area contributed by atoms with Crippen LogP contribution >= 0.6 is 22.9 Å². The number of halogens is 4. The summed E-state index contributed by atoms with van der Waals surface area (Å²) >= 11 is 7.51. The summed E-state index contributed by atoms with van der Waals surface area (Å²) in [5.74, 6) is -2.19. The zero-order chi connectivity index (χ0) is 42.7. The van der Waals surface area contributed by atoms with Gasteiger partial charge in [0, 0.05) is 51.9 Å². The summed E-state index contributed by atoms with van der Waals surface area (Å²) in [6.07, 6.45) is -1.45. The lowest BCUT2D eigenvalue weighted by molar-refractivity contribution is -0.144. The van der Waals surface area contributed by atoms with E-state index in [1.807, 2.05) is 20.8 Å². The molecule has 2 aromatic carbocycles. The van der Waals surface area contributed by atoms with Crippen molar-refractivity contribution in [1.29, 1.82) is 0 Å². The SMILES string of the molecule is C=C[C@@H]1C[C@]1(CC(=O)[C@@H]1C[C@@H](Oc2ncc(OC)c3ccc(Cl)cc23)CN1C(=O)[C@@H](Cc1nc(-c2ccccc2C(F)(F)F)cs1)C(C)(C)C)C(=O)NS(=O)(=O)C1CC1. The van der Waals surface area contributed by atoms with Crippen molar-refractivity contribution in [3.63, 3.8) is 0 Å². The summed E-state index contributed by atoms with van der Waals surface area (Å²) in [5, 5.41) is 2.96. The Labute approximate surface area is 349 Å². The number of rotatable bonds is 14. The van der Waals surface area contributed by atoms with Crippen molar-refractivity contribution < 1.29 is 45.4 Å². The van der Waals surface area contributed by atoms with Crippen LogP contribution < -0.4 is 14.2 Å². The van der Waals surface area contributed by atoms with E-state index in [1.165, 1.54) is 47.9 Å². The molecule has 3 fully saturated rings. The number of allylic oxidation sites excluding steroid dienone is 1. The largest absolute Gasteiger partial charge is 0.494 e. The molecular weight excluding hydrogens is 829 g/mol. The molecule has 2 amide bonds. The van der Waals surface area contributed by atoms with Gasteiger partial charge in [0.25, 0.3) is 0 Å². The molecule has 0 bridgehead atoms. The monoisotopic (exact) mass is 872 g/mol. The van der Waals surface area contributed by atoms with Crippen molar-refractivity contribution in [2.75, 3.05) is 13.7 Å². The highest BCUT2D eigenvalue weighted by Crippen LogP contribution is 2.57. The number of carbonyl (C=O) groups excluding carboxylic acids is 3. The normalized spacial score (nSPS) is 22.5. The number of hydrogen-bond donors (Lipinski definition) is 1. The average molecular weight is 873 g/mol. The number of Topliss-reactive ketones (excluding diaryl/α,β-unsaturated/α-hetero) is 1. The molecule has 0 spiro atoms. The summed E-state index contributed by atoms with van der Waals surface area (Å²) in [5.41, 5.74) is -2.84. The number of carbonyl (C=O) groups is 3. The number of methoxy groups -OCH3 is 1. The Morgan fingerprint density at radius 2 is 1.86 bits per heavy atom. The van der Waals surface area contributed by atoms with Crippen molar-refractivity contribution in [2.45, 2.75) is 82.9 Å². The first kappa shape index (κ1) is 42.6. The van der Waals surface area contributed by atoms with Crippen LogP contribution in [0.3, 0.4) is 0 Å². The van der Waals surface area contributed by atoms with Gasteiger partial charge < -0.3 is 14.4 Å². The molecule has 2 saturated carbocycles. The van der Waals surface area contributed by atoms with Gasteiger partial charge >= 0.3 is 6.18 Å². The number of sulfonamides is 1. The summed E-state index contributed by atoms with van der Waals surface area (Å²) < 4.78 is 81.5. The number of pyridine rings is 1. The van der Waals surface area contributed by atoms with E-state index in [-0.39, 0.29) is 49.4 Å². The standard InChI is InChI=1S/C42H44ClF3N4O7S2/c1-6-23-18-41(23,39(53)49-59(54,55)26-12-13-26)19-34(51)33-16-25(57-37-29-15-24(43)11-14-27(29)35(56-5)20-47-37)21-50(33)38(52)31(40(2,3)4)17-36-48-32(22-58-36)28-9-7-8-10-30(28)42(44,45)46/h6-11,14-15,20,22-23,25-26,31,33H,1,12-13,16-19,21H2,2-5H3,(H,49,53)/t23-,25-,31-,33+,41-/m1/s1. The second kappa shape index (κ2) is 15.8. The molecule has 7 rings (SSSR count). The summed E-state index contributed by atoms with van der Waals surface area (Å²) in [4.78, 5) is 53.6. The van der Waals surface area contributed by atoms with Gasteiger partial charge in [0.2, 0.25) is 27.7 Å². The van der Waals surface area contributed by atoms with E-state index in [2.05, 4.69) is 21.3 Å². The van der Waals surface area contributed by atoms with E-state index in [1.54, 1.807) is 18.2 Å². The molecule has 59 heavy (non-hydrogen) atoms. The fourth-order valence-electron chi connectivity index (χ4n) is 7.94. The lowest BCUT2D eigenvalue weighted by Gasteiger charge is -2.35.